The second-order valence-corrected chi connectivity index (χ2v) is 18.7. The summed E-state index contributed by atoms with van der Waals surface area (Å²) in [6.07, 6.45) is 1.65. The average Bonchev–Trinajstić information content (AvgIpc) is 3.46. The number of carbonyl (C=O) groups is 5. The summed E-state index contributed by atoms with van der Waals surface area (Å²) in [4.78, 5) is 86.2. The van der Waals surface area contributed by atoms with Crippen LogP contribution in [0, 0.1) is 41.9 Å². The molecule has 15 nitrogen and oxygen atoms in total. The van der Waals surface area contributed by atoms with Crippen LogP contribution in [0.4, 0.5) is 11.6 Å². The van der Waals surface area contributed by atoms with Crippen LogP contribution in [0.1, 0.15) is 101 Å². The number of ether oxygens (including phenoxy) is 1. The van der Waals surface area contributed by atoms with E-state index in [4.69, 9.17) is 22.1 Å². The van der Waals surface area contributed by atoms with Crippen molar-refractivity contribution in [3.8, 4) is 11.8 Å². The predicted molar refractivity (Wildman–Crippen MR) is 227 cm³/mol. The molecule has 8 rings (SSSR count). The minimum atomic E-state index is -1.11. The highest BCUT2D eigenvalue weighted by molar-refractivity contribution is 6.31. The van der Waals surface area contributed by atoms with Crippen molar-refractivity contribution in [2.24, 2.45) is 22.5 Å². The van der Waals surface area contributed by atoms with Gasteiger partial charge in [0.05, 0.1) is 44.7 Å². The Kier molecular flexibility index (Phi) is 10.8. The van der Waals surface area contributed by atoms with E-state index >= 15 is 0 Å². The number of hydrogen-bond acceptors (Lipinski definition) is 12. The van der Waals surface area contributed by atoms with Gasteiger partial charge in [0.1, 0.15) is 24.0 Å². The smallest absolute Gasteiger partial charge is 0.262 e. The zero-order valence-corrected chi connectivity index (χ0v) is 36.3. The second-order valence-electron chi connectivity index (χ2n) is 18.3. The first-order chi connectivity index (χ1) is 28.9. The predicted octanol–water partition coefficient (Wildman–Crippen LogP) is 4.75. The minimum absolute atomic E-state index is 0.0118. The molecule has 5 heterocycles. The number of primary amides is 1. The molecule has 0 bridgehead atoms. The van der Waals surface area contributed by atoms with Crippen LogP contribution < -0.4 is 20.3 Å². The Balaban J connectivity index is 0.883. The van der Waals surface area contributed by atoms with Crippen molar-refractivity contribution in [3.05, 3.63) is 75.1 Å². The molecule has 5 amide bonds. The molecule has 2 aromatic carbocycles. The van der Waals surface area contributed by atoms with Crippen LogP contribution in [0.15, 0.2) is 36.4 Å². The largest absolute Gasteiger partial charge is 0.489 e. The Morgan fingerprint density at radius 2 is 1.49 bits per heavy atom. The lowest BCUT2D eigenvalue weighted by molar-refractivity contribution is -0.216. The highest BCUT2D eigenvalue weighted by Gasteiger charge is 2.68. The van der Waals surface area contributed by atoms with Gasteiger partial charge < -0.3 is 20.3 Å². The molecule has 1 saturated carbocycles. The van der Waals surface area contributed by atoms with Crippen LogP contribution in [0.5, 0.6) is 5.75 Å². The number of piperazine rings is 1. The fourth-order valence-corrected chi connectivity index (χ4v) is 11.2. The van der Waals surface area contributed by atoms with E-state index in [0.717, 1.165) is 69.2 Å². The number of carbonyl (C=O) groups excluding carboxylic acids is 5. The normalized spacial score (nSPS) is 24.1. The Morgan fingerprint density at radius 1 is 0.852 bits per heavy atom. The fraction of sp³-hybridized carbons (Fsp3) is 0.511. The van der Waals surface area contributed by atoms with E-state index in [9.17, 15) is 29.2 Å². The van der Waals surface area contributed by atoms with Crippen LogP contribution in [0.3, 0.4) is 0 Å². The average molecular weight is 850 g/mol. The fourth-order valence-electron chi connectivity index (χ4n) is 11.0. The number of halogens is 1. The molecule has 2 N–H and O–H groups in total. The third-order valence-electron chi connectivity index (χ3n) is 13.6. The molecule has 320 valence electrons. The minimum Gasteiger partial charge on any atom is -0.489 e. The van der Waals surface area contributed by atoms with Gasteiger partial charge in [-0.25, -0.2) is 9.97 Å². The van der Waals surface area contributed by atoms with E-state index in [2.05, 4.69) is 24.7 Å². The lowest BCUT2D eigenvalue weighted by atomic mass is 9.48. The van der Waals surface area contributed by atoms with E-state index in [1.165, 1.54) is 4.90 Å². The summed E-state index contributed by atoms with van der Waals surface area (Å²) in [6, 6.07) is 10.5. The van der Waals surface area contributed by atoms with Gasteiger partial charge in [0.2, 0.25) is 11.9 Å². The first kappa shape index (κ1) is 42.1. The summed E-state index contributed by atoms with van der Waals surface area (Å²) in [7, 11) is 0. The van der Waals surface area contributed by atoms with Crippen molar-refractivity contribution in [2.75, 3.05) is 55.6 Å². The van der Waals surface area contributed by atoms with Crippen molar-refractivity contribution in [1.82, 2.24) is 24.7 Å². The third kappa shape index (κ3) is 7.27. The number of likely N-dealkylation sites (tertiary alicyclic amines) is 1. The first-order valence-corrected chi connectivity index (χ1v) is 21.4. The van der Waals surface area contributed by atoms with E-state index in [1.54, 1.807) is 44.2 Å². The quantitative estimate of drug-likeness (QED) is 0.292. The molecule has 0 spiro atoms. The molecule has 4 fully saturated rings. The number of fused-ring (bicyclic) bond motifs is 1. The number of aromatic nitrogens is 2. The number of nitriles is 1. The van der Waals surface area contributed by atoms with Crippen LogP contribution >= 0.6 is 11.6 Å². The number of benzene rings is 2. The van der Waals surface area contributed by atoms with Crippen LogP contribution in [0.2, 0.25) is 5.02 Å². The number of nitrogens with two attached hydrogens (primary N) is 1. The molecule has 1 atom stereocenters. The van der Waals surface area contributed by atoms with Crippen LogP contribution in [-0.4, -0.2) is 118 Å². The second kappa shape index (κ2) is 15.7. The van der Waals surface area contributed by atoms with Gasteiger partial charge in [-0.15, -0.1) is 0 Å². The van der Waals surface area contributed by atoms with Gasteiger partial charge in [-0.2, -0.15) is 5.26 Å². The number of piperidine rings is 2. The SMILES string of the molecule is Cc1nc(N2CCC(CN3CCN(c4ccc5c(c4)C(=O)N(C4CCC(=O)N(C6C(C)(C)C(Oc7ccc(C#N)c(Cl)c7)C6(C)C)C4=O)C5=O)CC3)CC2)nc(C)c1C(N)=O. The number of aryl methyl sites for hydroxylation is 2. The van der Waals surface area contributed by atoms with E-state index in [1.807, 2.05) is 39.8 Å². The van der Waals surface area contributed by atoms with E-state index in [0.29, 0.717) is 40.1 Å². The first-order valence-electron chi connectivity index (χ1n) is 21.0. The van der Waals surface area contributed by atoms with Gasteiger partial charge in [-0.05, 0) is 69.4 Å². The Bertz CT molecular complexity index is 2340. The van der Waals surface area contributed by atoms with Gasteiger partial charge >= 0.3 is 0 Å². The number of amides is 5. The molecule has 16 heteroatoms. The maximum absolute atomic E-state index is 14.4. The molecule has 61 heavy (non-hydrogen) atoms. The van der Waals surface area contributed by atoms with Crippen molar-refractivity contribution in [2.45, 2.75) is 85.4 Å². The lowest BCUT2D eigenvalue weighted by Crippen LogP contribution is -2.77. The summed E-state index contributed by atoms with van der Waals surface area (Å²) in [5.74, 6) is -0.826. The molecule has 3 saturated heterocycles. The maximum atomic E-state index is 14.4. The molecule has 5 aliphatic rings. The van der Waals surface area contributed by atoms with Gasteiger partial charge in [0.15, 0.2) is 0 Å². The molecule has 1 aromatic heterocycles. The molecule has 4 aliphatic heterocycles. The third-order valence-corrected chi connectivity index (χ3v) is 13.9. The van der Waals surface area contributed by atoms with E-state index in [-0.39, 0.29) is 34.9 Å². The Hall–Kier alpha value is -5.59. The monoisotopic (exact) mass is 849 g/mol. The Labute approximate surface area is 360 Å². The summed E-state index contributed by atoms with van der Waals surface area (Å²) in [6.45, 7) is 17.2. The van der Waals surface area contributed by atoms with Gasteiger partial charge in [-0.3, -0.25) is 38.7 Å². The highest BCUT2D eigenvalue weighted by Crippen LogP contribution is 2.58. The number of rotatable bonds is 9. The standard InChI is InChI=1S/C45H52ClN9O6/c1-25-36(37(48)57)26(2)50-43(49-25)53-15-13-27(14-16-53)24-51-17-19-52(20-18-51)29-8-10-31-32(21-29)39(59)54(38(31)58)34-11-12-35(56)55(40(34)60)41-44(3,4)42(45(41,5)6)61-30-9-7-28(23-47)33(46)22-30/h7-10,21-22,27,34,41-42H,11-20,24H2,1-6H3,(H2,48,57). The number of nitrogens with zero attached hydrogens (tertiary/aromatic N) is 8. The molecule has 3 aromatic rings. The highest BCUT2D eigenvalue weighted by atomic mass is 35.5. The van der Waals surface area contributed by atoms with E-state index < -0.39 is 52.6 Å². The lowest BCUT2D eigenvalue weighted by Gasteiger charge is -2.65. The number of imide groups is 2. The molecule has 0 radical (unpaired) electrons. The maximum Gasteiger partial charge on any atom is 0.262 e. The van der Waals surface area contributed by atoms with Gasteiger partial charge in [0.25, 0.3) is 23.6 Å². The molecular formula is C45H52ClN9O6. The van der Waals surface area contributed by atoms with Crippen LogP contribution in [0.25, 0.3) is 0 Å². The van der Waals surface area contributed by atoms with Crippen molar-refractivity contribution in [3.63, 3.8) is 0 Å². The molecular weight excluding hydrogens is 798 g/mol. The number of hydrogen-bond donors (Lipinski definition) is 1. The molecule has 1 aliphatic carbocycles. The van der Waals surface area contributed by atoms with Crippen molar-refractivity contribution >= 4 is 52.8 Å². The van der Waals surface area contributed by atoms with Crippen molar-refractivity contribution in [1.29, 1.82) is 5.26 Å². The summed E-state index contributed by atoms with van der Waals surface area (Å²) < 4.78 is 6.40. The van der Waals surface area contributed by atoms with Crippen molar-refractivity contribution < 1.29 is 28.7 Å². The summed E-state index contributed by atoms with van der Waals surface area (Å²) >= 11 is 6.28. The zero-order valence-electron chi connectivity index (χ0n) is 35.5. The number of anilines is 2. The van der Waals surface area contributed by atoms with Gasteiger partial charge in [-0.1, -0.05) is 39.3 Å². The summed E-state index contributed by atoms with van der Waals surface area (Å²) in [5, 5.41) is 9.56. The Morgan fingerprint density at radius 3 is 2.10 bits per heavy atom. The zero-order chi connectivity index (χ0) is 43.7. The van der Waals surface area contributed by atoms with Gasteiger partial charge in [0, 0.05) is 74.8 Å². The topological polar surface area (TPSA) is 186 Å². The molecule has 1 unspecified atom stereocenters. The summed E-state index contributed by atoms with van der Waals surface area (Å²) in [5.41, 5.74) is 7.40. The van der Waals surface area contributed by atoms with Crippen LogP contribution in [-0.2, 0) is 9.59 Å².